The summed E-state index contributed by atoms with van der Waals surface area (Å²) in [5, 5.41) is 10.3. The SMILES string of the molecule is CC(C)COC(=O)N1C[C@@H](O)C[C@@H]1C(=O)OCC(=O)c1ccc(Cl)cc1. The molecule has 0 unspecified atom stereocenters. The van der Waals surface area contributed by atoms with E-state index in [1.165, 1.54) is 12.1 Å². The van der Waals surface area contributed by atoms with E-state index in [0.717, 1.165) is 4.90 Å². The summed E-state index contributed by atoms with van der Waals surface area (Å²) in [5.74, 6) is -0.985. The third kappa shape index (κ3) is 5.44. The van der Waals surface area contributed by atoms with Crippen molar-refractivity contribution in [2.75, 3.05) is 19.8 Å². The van der Waals surface area contributed by atoms with Crippen LogP contribution >= 0.6 is 11.6 Å². The van der Waals surface area contributed by atoms with Crippen molar-refractivity contribution in [3.63, 3.8) is 0 Å². The molecule has 1 aromatic carbocycles. The summed E-state index contributed by atoms with van der Waals surface area (Å²) in [5.41, 5.74) is 0.363. The fourth-order valence-corrected chi connectivity index (χ4v) is 2.64. The minimum absolute atomic E-state index is 0.0121. The van der Waals surface area contributed by atoms with E-state index in [9.17, 15) is 19.5 Å². The number of carbonyl (C=O) groups excluding carboxylic acids is 3. The fraction of sp³-hybridized carbons (Fsp3) is 0.500. The Hall–Kier alpha value is -2.12. The van der Waals surface area contributed by atoms with Crippen molar-refractivity contribution >= 4 is 29.4 Å². The topological polar surface area (TPSA) is 93.1 Å². The largest absolute Gasteiger partial charge is 0.456 e. The van der Waals surface area contributed by atoms with Crippen LogP contribution in [-0.4, -0.2) is 59.8 Å². The molecule has 0 aliphatic carbocycles. The van der Waals surface area contributed by atoms with Gasteiger partial charge in [0.05, 0.1) is 19.3 Å². The van der Waals surface area contributed by atoms with Crippen LogP contribution in [0.25, 0.3) is 0 Å². The monoisotopic (exact) mass is 383 g/mol. The molecule has 1 fully saturated rings. The summed E-state index contributed by atoms with van der Waals surface area (Å²) in [4.78, 5) is 37.6. The Morgan fingerprint density at radius 3 is 2.50 bits per heavy atom. The number of carbonyl (C=O) groups is 3. The van der Waals surface area contributed by atoms with Crippen LogP contribution in [0.1, 0.15) is 30.6 Å². The highest BCUT2D eigenvalue weighted by molar-refractivity contribution is 6.30. The molecule has 1 heterocycles. The van der Waals surface area contributed by atoms with E-state index in [4.69, 9.17) is 21.1 Å². The zero-order valence-corrected chi connectivity index (χ0v) is 15.4. The maximum absolute atomic E-state index is 12.3. The number of ketones is 1. The molecule has 0 saturated carbocycles. The molecule has 7 nitrogen and oxygen atoms in total. The van der Waals surface area contributed by atoms with Gasteiger partial charge < -0.3 is 14.6 Å². The maximum atomic E-state index is 12.3. The van der Waals surface area contributed by atoms with Crippen molar-refractivity contribution in [3.05, 3.63) is 34.9 Å². The molecule has 142 valence electrons. The Balaban J connectivity index is 1.92. The normalized spacial score (nSPS) is 19.5. The number of hydrogen-bond acceptors (Lipinski definition) is 6. The van der Waals surface area contributed by atoms with Gasteiger partial charge in [-0.15, -0.1) is 0 Å². The first-order valence-corrected chi connectivity index (χ1v) is 8.72. The minimum Gasteiger partial charge on any atom is -0.456 e. The Labute approximate surface area is 156 Å². The highest BCUT2D eigenvalue weighted by Crippen LogP contribution is 2.21. The number of ether oxygens (including phenoxy) is 2. The second kappa shape index (κ2) is 9.00. The number of aliphatic hydroxyl groups excluding tert-OH is 1. The van der Waals surface area contributed by atoms with Crippen molar-refractivity contribution in [1.29, 1.82) is 0 Å². The molecule has 1 aliphatic rings. The Kier molecular flexibility index (Phi) is 6.99. The van der Waals surface area contributed by atoms with Gasteiger partial charge in [-0.3, -0.25) is 9.69 Å². The first-order valence-electron chi connectivity index (χ1n) is 8.34. The van der Waals surface area contributed by atoms with E-state index in [2.05, 4.69) is 0 Å². The highest BCUT2D eigenvalue weighted by Gasteiger charge is 2.41. The molecule has 2 atom stereocenters. The first kappa shape index (κ1) is 20.2. The number of likely N-dealkylation sites (tertiary alicyclic amines) is 1. The molecule has 1 N–H and O–H groups in total. The number of hydrogen-bond donors (Lipinski definition) is 1. The standard InChI is InChI=1S/C18H22ClNO6/c1-11(2)9-26-18(24)20-8-14(21)7-15(20)17(23)25-10-16(22)12-3-5-13(19)6-4-12/h3-6,11,14-15,21H,7-10H2,1-2H3/t14-,15+/m0/s1. The van der Waals surface area contributed by atoms with Gasteiger partial charge in [0, 0.05) is 17.0 Å². The van der Waals surface area contributed by atoms with Crippen LogP contribution in [-0.2, 0) is 14.3 Å². The van der Waals surface area contributed by atoms with E-state index in [1.54, 1.807) is 12.1 Å². The lowest BCUT2D eigenvalue weighted by molar-refractivity contribution is -0.147. The molecular weight excluding hydrogens is 362 g/mol. The van der Waals surface area contributed by atoms with Crippen LogP contribution in [0, 0.1) is 5.92 Å². The van der Waals surface area contributed by atoms with Gasteiger partial charge in [0.15, 0.2) is 12.4 Å². The molecule has 0 spiro atoms. The number of rotatable bonds is 6. The molecule has 1 amide bonds. The van der Waals surface area contributed by atoms with Crippen LogP contribution in [0.3, 0.4) is 0 Å². The Morgan fingerprint density at radius 2 is 1.88 bits per heavy atom. The summed E-state index contributed by atoms with van der Waals surface area (Å²) in [6.45, 7) is 3.52. The van der Waals surface area contributed by atoms with Gasteiger partial charge in [-0.05, 0) is 30.2 Å². The predicted octanol–water partition coefficient (Wildman–Crippen LogP) is 2.29. The third-order valence-electron chi connectivity index (χ3n) is 3.84. The summed E-state index contributed by atoms with van der Waals surface area (Å²) < 4.78 is 10.2. The quantitative estimate of drug-likeness (QED) is 0.598. The summed E-state index contributed by atoms with van der Waals surface area (Å²) in [6.07, 6.45) is -1.47. The number of esters is 1. The van der Waals surface area contributed by atoms with E-state index < -0.39 is 30.8 Å². The van der Waals surface area contributed by atoms with Crippen molar-refractivity contribution in [1.82, 2.24) is 4.90 Å². The van der Waals surface area contributed by atoms with Crippen molar-refractivity contribution in [3.8, 4) is 0 Å². The van der Waals surface area contributed by atoms with Crippen LogP contribution in [0.4, 0.5) is 4.79 Å². The molecule has 26 heavy (non-hydrogen) atoms. The zero-order valence-electron chi connectivity index (χ0n) is 14.7. The first-order chi connectivity index (χ1) is 12.3. The average Bonchev–Trinajstić information content (AvgIpc) is 2.99. The van der Waals surface area contributed by atoms with Gasteiger partial charge >= 0.3 is 12.1 Å². The van der Waals surface area contributed by atoms with Crippen molar-refractivity contribution in [2.45, 2.75) is 32.4 Å². The van der Waals surface area contributed by atoms with Gasteiger partial charge in [0.1, 0.15) is 6.04 Å². The molecule has 0 bridgehead atoms. The van der Waals surface area contributed by atoms with Gasteiger partial charge in [-0.1, -0.05) is 25.4 Å². The lowest BCUT2D eigenvalue weighted by Crippen LogP contribution is -2.42. The smallest absolute Gasteiger partial charge is 0.410 e. The molecular formula is C18H22ClNO6. The van der Waals surface area contributed by atoms with Crippen LogP contribution in [0.15, 0.2) is 24.3 Å². The van der Waals surface area contributed by atoms with Crippen molar-refractivity contribution in [2.24, 2.45) is 5.92 Å². The lowest BCUT2D eigenvalue weighted by Gasteiger charge is -2.22. The van der Waals surface area contributed by atoms with Crippen molar-refractivity contribution < 1.29 is 29.0 Å². The highest BCUT2D eigenvalue weighted by atomic mass is 35.5. The lowest BCUT2D eigenvalue weighted by atomic mass is 10.1. The Bertz CT molecular complexity index is 660. The summed E-state index contributed by atoms with van der Waals surface area (Å²) in [7, 11) is 0. The summed E-state index contributed by atoms with van der Waals surface area (Å²) >= 11 is 5.76. The van der Waals surface area contributed by atoms with E-state index in [0.29, 0.717) is 10.6 Å². The van der Waals surface area contributed by atoms with E-state index in [-0.39, 0.29) is 31.3 Å². The fourth-order valence-electron chi connectivity index (χ4n) is 2.51. The molecule has 8 heteroatoms. The third-order valence-corrected chi connectivity index (χ3v) is 4.09. The number of halogens is 1. The van der Waals surface area contributed by atoms with Crippen LogP contribution in [0.5, 0.6) is 0 Å². The van der Waals surface area contributed by atoms with Gasteiger partial charge in [0.2, 0.25) is 0 Å². The molecule has 0 aromatic heterocycles. The number of Topliss-reactive ketones (excluding diaryl/α,β-unsaturated/α-hetero) is 1. The molecule has 0 radical (unpaired) electrons. The number of β-amino-alcohol motifs (C(OH)–C–C–N with tert-alkyl or cyclic N) is 1. The second-order valence-corrected chi connectivity index (χ2v) is 7.00. The number of benzene rings is 1. The minimum atomic E-state index is -0.970. The number of nitrogens with zero attached hydrogens (tertiary/aromatic N) is 1. The molecule has 1 aromatic rings. The predicted molar refractivity (Wildman–Crippen MR) is 94.0 cm³/mol. The van der Waals surface area contributed by atoms with Crippen LogP contribution in [0.2, 0.25) is 5.02 Å². The Morgan fingerprint density at radius 1 is 1.23 bits per heavy atom. The van der Waals surface area contributed by atoms with E-state index >= 15 is 0 Å². The van der Waals surface area contributed by atoms with Crippen LogP contribution < -0.4 is 0 Å². The maximum Gasteiger partial charge on any atom is 0.410 e. The molecule has 2 rings (SSSR count). The number of amides is 1. The van der Waals surface area contributed by atoms with Gasteiger partial charge in [0.25, 0.3) is 0 Å². The average molecular weight is 384 g/mol. The van der Waals surface area contributed by atoms with E-state index in [1.807, 2.05) is 13.8 Å². The van der Waals surface area contributed by atoms with Gasteiger partial charge in [-0.25, -0.2) is 9.59 Å². The molecule has 1 saturated heterocycles. The molecule has 1 aliphatic heterocycles. The zero-order chi connectivity index (χ0) is 19.3. The summed E-state index contributed by atoms with van der Waals surface area (Å²) in [6, 6.07) is 5.23. The second-order valence-electron chi connectivity index (χ2n) is 6.57. The van der Waals surface area contributed by atoms with Gasteiger partial charge in [-0.2, -0.15) is 0 Å². The number of aliphatic hydroxyl groups is 1.